The molecule has 1 N–H and O–H groups in total. The van der Waals surface area contributed by atoms with Gasteiger partial charge in [-0.3, -0.25) is 0 Å². The lowest BCUT2D eigenvalue weighted by molar-refractivity contribution is 0.184. The minimum Gasteiger partial charge on any atom is -0.466 e. The van der Waals surface area contributed by atoms with E-state index in [4.69, 9.17) is 4.42 Å². The van der Waals surface area contributed by atoms with E-state index in [0.29, 0.717) is 15.8 Å². The van der Waals surface area contributed by atoms with Gasteiger partial charge in [-0.05, 0) is 23.8 Å². The molecule has 0 spiro atoms. The summed E-state index contributed by atoms with van der Waals surface area (Å²) in [5.74, 6) is -0.153. The van der Waals surface area contributed by atoms with E-state index in [1.165, 1.54) is 6.26 Å². The van der Waals surface area contributed by atoms with Crippen molar-refractivity contribution in [1.82, 2.24) is 0 Å². The lowest BCUT2D eigenvalue weighted by Crippen LogP contribution is -2.04. The Hall–Kier alpha value is -1.91. The normalized spacial score (nSPS) is 12.3. The average Bonchev–Trinajstić information content (AvgIpc) is 3.02. The Morgan fingerprint density at radius 2 is 1.76 bits per heavy atom. The van der Waals surface area contributed by atoms with Crippen LogP contribution in [-0.2, 0) is 0 Å². The van der Waals surface area contributed by atoms with Crippen LogP contribution in [-0.4, -0.2) is 5.11 Å². The average molecular weight is 347 g/mol. The second kappa shape index (κ2) is 5.84. The van der Waals surface area contributed by atoms with Crippen LogP contribution in [0.3, 0.4) is 0 Å². The summed E-state index contributed by atoms with van der Waals surface area (Å²) >= 11 is 3.30. The molecule has 0 aliphatic rings. The van der Waals surface area contributed by atoms with Crippen molar-refractivity contribution < 1.29 is 13.9 Å². The summed E-state index contributed by atoms with van der Waals surface area (Å²) in [6.07, 6.45) is 0.295. The van der Waals surface area contributed by atoms with E-state index in [-0.39, 0.29) is 5.56 Å². The molecule has 0 amide bonds. The molecule has 1 atom stereocenters. The molecule has 2 nitrogen and oxygen atoms in total. The van der Waals surface area contributed by atoms with E-state index in [9.17, 15) is 9.50 Å². The first-order valence-corrected chi connectivity index (χ1v) is 7.22. The van der Waals surface area contributed by atoms with Crippen LogP contribution in [0.15, 0.2) is 69.8 Å². The molecule has 0 radical (unpaired) electrons. The van der Waals surface area contributed by atoms with Gasteiger partial charge in [0.05, 0.1) is 6.26 Å². The Bertz CT molecular complexity index is 739. The molecular weight excluding hydrogens is 335 g/mol. The van der Waals surface area contributed by atoms with Crippen LogP contribution in [0.4, 0.5) is 4.39 Å². The first-order chi connectivity index (χ1) is 10.2. The molecule has 0 aliphatic carbocycles. The molecule has 21 heavy (non-hydrogen) atoms. The largest absolute Gasteiger partial charge is 0.466 e. The Labute approximate surface area is 130 Å². The monoisotopic (exact) mass is 346 g/mol. The third kappa shape index (κ3) is 2.64. The van der Waals surface area contributed by atoms with Gasteiger partial charge in [-0.15, -0.1) is 0 Å². The Morgan fingerprint density at radius 1 is 1.00 bits per heavy atom. The molecule has 1 unspecified atom stereocenters. The van der Waals surface area contributed by atoms with Crippen LogP contribution in [0, 0.1) is 5.82 Å². The lowest BCUT2D eigenvalue weighted by Gasteiger charge is -2.14. The predicted octanol–water partition coefficient (Wildman–Crippen LogP) is 4.93. The molecule has 3 aromatic rings. The van der Waals surface area contributed by atoms with Gasteiger partial charge in [0.1, 0.15) is 17.7 Å². The van der Waals surface area contributed by atoms with Crippen LogP contribution < -0.4 is 0 Å². The molecule has 4 heteroatoms. The maximum Gasteiger partial charge on any atom is 0.141 e. The van der Waals surface area contributed by atoms with Gasteiger partial charge in [0.25, 0.3) is 0 Å². The van der Waals surface area contributed by atoms with Gasteiger partial charge in [-0.25, -0.2) is 4.39 Å². The molecule has 0 saturated heterocycles. The minimum atomic E-state index is -1.15. The highest BCUT2D eigenvalue weighted by molar-refractivity contribution is 9.10. The van der Waals surface area contributed by atoms with Gasteiger partial charge >= 0.3 is 0 Å². The van der Waals surface area contributed by atoms with Gasteiger partial charge < -0.3 is 9.52 Å². The summed E-state index contributed by atoms with van der Waals surface area (Å²) in [6, 6.07) is 15.9. The maximum atomic E-state index is 14.8. The van der Waals surface area contributed by atoms with Crippen LogP contribution in [0.2, 0.25) is 0 Å². The number of hydrogen-bond donors (Lipinski definition) is 1. The minimum absolute atomic E-state index is 0.173. The van der Waals surface area contributed by atoms with E-state index in [1.54, 1.807) is 24.3 Å². The van der Waals surface area contributed by atoms with Gasteiger partial charge in [0.15, 0.2) is 0 Å². The van der Waals surface area contributed by atoms with Crippen molar-refractivity contribution in [2.75, 3.05) is 0 Å². The second-order valence-corrected chi connectivity index (χ2v) is 5.46. The molecule has 0 bridgehead atoms. The van der Waals surface area contributed by atoms with Crippen molar-refractivity contribution in [2.45, 2.75) is 6.10 Å². The van der Waals surface area contributed by atoms with Crippen molar-refractivity contribution in [1.29, 1.82) is 0 Å². The van der Waals surface area contributed by atoms with Gasteiger partial charge in [-0.2, -0.15) is 0 Å². The van der Waals surface area contributed by atoms with Crippen molar-refractivity contribution >= 4 is 15.9 Å². The Balaban J connectivity index is 2.13. The van der Waals surface area contributed by atoms with Crippen molar-refractivity contribution in [3.05, 3.63) is 82.5 Å². The van der Waals surface area contributed by atoms with E-state index in [1.807, 2.05) is 30.3 Å². The molecule has 1 aromatic heterocycles. The van der Waals surface area contributed by atoms with Crippen molar-refractivity contribution in [3.63, 3.8) is 0 Å². The number of aliphatic hydroxyl groups is 1. The summed E-state index contributed by atoms with van der Waals surface area (Å²) in [4.78, 5) is 0. The van der Waals surface area contributed by atoms with Gasteiger partial charge in [-0.1, -0.05) is 52.3 Å². The zero-order valence-corrected chi connectivity index (χ0v) is 12.5. The smallest absolute Gasteiger partial charge is 0.141 e. The summed E-state index contributed by atoms with van der Waals surface area (Å²) in [5, 5.41) is 10.4. The zero-order valence-electron chi connectivity index (χ0n) is 11.0. The first kappa shape index (κ1) is 14.0. The molecule has 0 fully saturated rings. The number of benzene rings is 2. The number of aliphatic hydroxyl groups excluding tert-OH is 1. The van der Waals surface area contributed by atoms with E-state index < -0.39 is 11.9 Å². The standard InChI is InChI=1S/C17H12BrFO2/c18-13-9-8-12(11-5-2-1-3-6-11)16(19)15(13)17(20)14-7-4-10-21-14/h1-10,17,20H. The van der Waals surface area contributed by atoms with Crippen molar-refractivity contribution in [3.8, 4) is 11.1 Å². The Kier molecular flexibility index (Phi) is 3.90. The predicted molar refractivity (Wildman–Crippen MR) is 82.3 cm³/mol. The van der Waals surface area contributed by atoms with Crippen LogP contribution in [0.5, 0.6) is 0 Å². The first-order valence-electron chi connectivity index (χ1n) is 6.43. The van der Waals surface area contributed by atoms with E-state index >= 15 is 0 Å². The fourth-order valence-corrected chi connectivity index (χ4v) is 2.77. The zero-order chi connectivity index (χ0) is 14.8. The number of halogens is 2. The Morgan fingerprint density at radius 3 is 2.43 bits per heavy atom. The molecule has 106 valence electrons. The number of hydrogen-bond acceptors (Lipinski definition) is 2. The van der Waals surface area contributed by atoms with Crippen LogP contribution in [0.1, 0.15) is 17.4 Å². The second-order valence-electron chi connectivity index (χ2n) is 4.61. The summed E-state index contributed by atoms with van der Waals surface area (Å²) in [7, 11) is 0. The topological polar surface area (TPSA) is 33.4 Å². The summed E-state index contributed by atoms with van der Waals surface area (Å²) in [5.41, 5.74) is 1.38. The van der Waals surface area contributed by atoms with Crippen LogP contribution >= 0.6 is 15.9 Å². The fraction of sp³-hybridized carbons (Fsp3) is 0.0588. The maximum absolute atomic E-state index is 14.8. The molecule has 2 aromatic carbocycles. The molecule has 0 aliphatic heterocycles. The number of furan rings is 1. The van der Waals surface area contributed by atoms with Crippen molar-refractivity contribution in [2.24, 2.45) is 0 Å². The third-order valence-electron chi connectivity index (χ3n) is 3.30. The third-order valence-corrected chi connectivity index (χ3v) is 3.99. The highest BCUT2D eigenvalue weighted by Crippen LogP contribution is 2.36. The van der Waals surface area contributed by atoms with Gasteiger partial charge in [0, 0.05) is 15.6 Å². The lowest BCUT2D eigenvalue weighted by atomic mass is 9.98. The highest BCUT2D eigenvalue weighted by Gasteiger charge is 2.23. The van der Waals surface area contributed by atoms with E-state index in [2.05, 4.69) is 15.9 Å². The molecule has 3 rings (SSSR count). The van der Waals surface area contributed by atoms with Crippen LogP contribution in [0.25, 0.3) is 11.1 Å². The molecular formula is C17H12BrFO2. The molecule has 0 saturated carbocycles. The quantitative estimate of drug-likeness (QED) is 0.729. The summed E-state index contributed by atoms with van der Waals surface area (Å²) < 4.78 is 20.5. The highest BCUT2D eigenvalue weighted by atomic mass is 79.9. The van der Waals surface area contributed by atoms with E-state index in [0.717, 1.165) is 5.56 Å². The summed E-state index contributed by atoms with van der Waals surface area (Å²) in [6.45, 7) is 0. The van der Waals surface area contributed by atoms with Gasteiger partial charge in [0.2, 0.25) is 0 Å². The molecule has 1 heterocycles. The number of rotatable bonds is 3. The fourth-order valence-electron chi connectivity index (χ4n) is 2.25. The SMILES string of the molecule is OC(c1ccco1)c1c(Br)ccc(-c2ccccc2)c1F.